The van der Waals surface area contributed by atoms with Crippen LogP contribution < -0.4 is 0 Å². The first-order valence-corrected chi connectivity index (χ1v) is 11.5. The summed E-state index contributed by atoms with van der Waals surface area (Å²) >= 11 is 0. The SMILES string of the molecule is C=C[C@]1(C)CC[C@H]2C(C)(C)c3cccc4c3[C@]3(O)C(=N4)C(C)(C)[C@H]4O[C@H]4[C@]1([N-]C)[C@]23O. The van der Waals surface area contributed by atoms with Crippen LogP contribution in [0.2, 0.25) is 0 Å². The van der Waals surface area contributed by atoms with E-state index in [1.807, 2.05) is 18.2 Å². The van der Waals surface area contributed by atoms with Crippen LogP contribution in [0.5, 0.6) is 0 Å². The Labute approximate surface area is 184 Å². The van der Waals surface area contributed by atoms with Crippen molar-refractivity contribution in [2.24, 2.45) is 21.7 Å². The highest BCUT2D eigenvalue weighted by molar-refractivity contribution is 6.07. The highest BCUT2D eigenvalue weighted by atomic mass is 16.6. The number of aliphatic hydroxyl groups is 2. The highest BCUT2D eigenvalue weighted by Crippen LogP contribution is 2.76. The molecule has 1 aromatic carbocycles. The lowest BCUT2D eigenvalue weighted by Crippen LogP contribution is -2.81. The summed E-state index contributed by atoms with van der Waals surface area (Å²) < 4.78 is 6.40. The maximum Gasteiger partial charge on any atom is 0.158 e. The fraction of sp³-hybridized carbons (Fsp3) is 0.654. The summed E-state index contributed by atoms with van der Waals surface area (Å²) in [5.41, 5.74) is -2.44. The van der Waals surface area contributed by atoms with E-state index in [1.54, 1.807) is 7.05 Å². The van der Waals surface area contributed by atoms with Crippen LogP contribution in [-0.2, 0) is 15.8 Å². The predicted octanol–water partition coefficient (Wildman–Crippen LogP) is 4.13. The van der Waals surface area contributed by atoms with Crippen LogP contribution in [-0.4, -0.2) is 46.3 Å². The van der Waals surface area contributed by atoms with Gasteiger partial charge in [0.2, 0.25) is 0 Å². The number of epoxide rings is 1. The van der Waals surface area contributed by atoms with E-state index in [2.05, 4.69) is 47.3 Å². The van der Waals surface area contributed by atoms with E-state index in [1.165, 1.54) is 0 Å². The third kappa shape index (κ3) is 1.66. The summed E-state index contributed by atoms with van der Waals surface area (Å²) in [4.78, 5) is 5.02. The van der Waals surface area contributed by atoms with Crippen molar-refractivity contribution < 1.29 is 14.9 Å². The standard InChI is InChI=1S/C26H33N2O3/c1-8-23(6)13-12-16-21(2,3)14-10-9-11-15-17(14)24(29)20(28-15)22(4,5)18-19(31-18)25(23,27-7)26(16,24)30/h8-11,16,18-19,29-30H,1,12-13H2,2-7H3/q-1/t16-,18-,19+,23+,24-,25+,26-/m0/s1. The number of nitrogens with zero attached hydrogens (tertiary/aromatic N) is 2. The van der Waals surface area contributed by atoms with Gasteiger partial charge in [-0.05, 0) is 41.2 Å². The molecule has 2 saturated carbocycles. The second-order valence-corrected chi connectivity index (χ2v) is 11.8. The van der Waals surface area contributed by atoms with Crippen LogP contribution in [0, 0.1) is 16.7 Å². The molecule has 31 heavy (non-hydrogen) atoms. The van der Waals surface area contributed by atoms with Crippen molar-refractivity contribution in [3.8, 4) is 0 Å². The molecule has 0 bridgehead atoms. The number of rotatable bonds is 2. The molecule has 1 saturated heterocycles. The zero-order chi connectivity index (χ0) is 22.4. The number of aliphatic imine (C=N–C) groups is 1. The second kappa shape index (κ2) is 5.17. The zero-order valence-corrected chi connectivity index (χ0v) is 19.4. The summed E-state index contributed by atoms with van der Waals surface area (Å²) in [6.45, 7) is 14.9. The Balaban J connectivity index is 1.83. The Morgan fingerprint density at radius 1 is 1.13 bits per heavy atom. The topological polar surface area (TPSA) is 79.5 Å². The first-order valence-electron chi connectivity index (χ1n) is 11.5. The summed E-state index contributed by atoms with van der Waals surface area (Å²) in [5, 5.41) is 31.1. The molecule has 166 valence electrons. The number of likely N-dealkylation sites (N-methyl/N-ethyl adjacent to an activating group) is 1. The minimum absolute atomic E-state index is 0.174. The molecule has 5 heteroatoms. The molecule has 2 aliphatic heterocycles. The Morgan fingerprint density at radius 3 is 2.48 bits per heavy atom. The zero-order valence-electron chi connectivity index (χ0n) is 19.4. The van der Waals surface area contributed by atoms with Crippen LogP contribution in [0.15, 0.2) is 35.8 Å². The van der Waals surface area contributed by atoms with Crippen molar-refractivity contribution in [3.05, 3.63) is 47.3 Å². The number of hydrogen-bond donors (Lipinski definition) is 2. The summed E-state index contributed by atoms with van der Waals surface area (Å²) in [6, 6.07) is 6.09. The molecule has 0 aromatic heterocycles. The minimum Gasteiger partial charge on any atom is -0.654 e. The molecular weight excluding hydrogens is 388 g/mol. The van der Waals surface area contributed by atoms with Gasteiger partial charge < -0.3 is 20.3 Å². The number of hydrogen-bond acceptors (Lipinski definition) is 4. The molecule has 0 unspecified atom stereocenters. The van der Waals surface area contributed by atoms with Gasteiger partial charge in [-0.2, -0.15) is 7.05 Å². The molecule has 7 atom stereocenters. The van der Waals surface area contributed by atoms with Gasteiger partial charge in [-0.25, -0.2) is 0 Å². The fourth-order valence-corrected chi connectivity index (χ4v) is 8.46. The summed E-state index contributed by atoms with van der Waals surface area (Å²) in [5.74, 6) is -0.216. The largest absolute Gasteiger partial charge is 0.654 e. The van der Waals surface area contributed by atoms with E-state index in [4.69, 9.17) is 15.0 Å². The fourth-order valence-electron chi connectivity index (χ4n) is 8.46. The van der Waals surface area contributed by atoms with Gasteiger partial charge >= 0.3 is 0 Å². The molecule has 0 radical (unpaired) electrons. The quantitative estimate of drug-likeness (QED) is 0.556. The van der Waals surface area contributed by atoms with Crippen LogP contribution in [0.3, 0.4) is 0 Å². The van der Waals surface area contributed by atoms with Crippen molar-refractivity contribution >= 4 is 11.4 Å². The highest BCUT2D eigenvalue weighted by Gasteiger charge is 2.83. The lowest BCUT2D eigenvalue weighted by atomic mass is 9.39. The van der Waals surface area contributed by atoms with Crippen LogP contribution >= 0.6 is 0 Å². The molecule has 6 rings (SSSR count). The molecule has 1 aromatic rings. The molecule has 2 heterocycles. The van der Waals surface area contributed by atoms with Crippen molar-refractivity contribution in [2.75, 3.05) is 7.05 Å². The normalized spacial score (nSPS) is 49.4. The van der Waals surface area contributed by atoms with Crippen molar-refractivity contribution in [1.29, 1.82) is 0 Å². The lowest BCUT2D eigenvalue weighted by molar-refractivity contribution is -0.246. The number of benzene rings is 1. The Morgan fingerprint density at radius 2 is 1.84 bits per heavy atom. The predicted molar refractivity (Wildman–Crippen MR) is 121 cm³/mol. The second-order valence-electron chi connectivity index (χ2n) is 11.8. The molecule has 2 N–H and O–H groups in total. The lowest BCUT2D eigenvalue weighted by Gasteiger charge is -2.75. The van der Waals surface area contributed by atoms with E-state index >= 15 is 0 Å². The van der Waals surface area contributed by atoms with Gasteiger partial charge in [-0.15, -0.1) is 6.58 Å². The average molecular weight is 422 g/mol. The number of ether oxygens (including phenoxy) is 1. The smallest absolute Gasteiger partial charge is 0.158 e. The first kappa shape index (κ1) is 20.1. The molecule has 0 spiro atoms. The third-order valence-electron chi connectivity index (χ3n) is 10.0. The van der Waals surface area contributed by atoms with Gasteiger partial charge in [0, 0.05) is 11.0 Å². The van der Waals surface area contributed by atoms with Gasteiger partial charge in [-0.3, -0.25) is 4.99 Å². The maximum atomic E-state index is 13.2. The van der Waals surface area contributed by atoms with E-state index < -0.39 is 27.6 Å². The average Bonchev–Trinajstić information content (AvgIpc) is 3.46. The van der Waals surface area contributed by atoms with Crippen molar-refractivity contribution in [2.45, 2.75) is 81.8 Å². The summed E-state index contributed by atoms with van der Waals surface area (Å²) in [6.07, 6.45) is 3.06. The monoisotopic (exact) mass is 421 g/mol. The van der Waals surface area contributed by atoms with E-state index in [0.717, 1.165) is 29.7 Å². The van der Waals surface area contributed by atoms with E-state index in [0.29, 0.717) is 5.71 Å². The van der Waals surface area contributed by atoms with Gasteiger partial charge in [0.05, 0.1) is 29.2 Å². The molecule has 3 fully saturated rings. The van der Waals surface area contributed by atoms with E-state index in [9.17, 15) is 10.2 Å². The van der Waals surface area contributed by atoms with Crippen LogP contribution in [0.25, 0.3) is 5.32 Å². The maximum absolute atomic E-state index is 13.2. The molecule has 5 aliphatic rings. The van der Waals surface area contributed by atoms with Crippen LogP contribution in [0.4, 0.5) is 5.69 Å². The van der Waals surface area contributed by atoms with Crippen LogP contribution in [0.1, 0.15) is 58.6 Å². The third-order valence-corrected chi connectivity index (χ3v) is 10.0. The van der Waals surface area contributed by atoms with E-state index in [-0.39, 0.29) is 23.5 Å². The molecule has 5 nitrogen and oxygen atoms in total. The Bertz CT molecular complexity index is 1080. The van der Waals surface area contributed by atoms with Gasteiger partial charge in [0.1, 0.15) is 0 Å². The Kier molecular flexibility index (Phi) is 3.35. The van der Waals surface area contributed by atoms with Crippen molar-refractivity contribution in [3.63, 3.8) is 0 Å². The molecule has 0 amide bonds. The van der Waals surface area contributed by atoms with Gasteiger partial charge in [0.15, 0.2) is 5.60 Å². The minimum atomic E-state index is -1.62. The van der Waals surface area contributed by atoms with Gasteiger partial charge in [0.25, 0.3) is 0 Å². The first-order chi connectivity index (χ1) is 14.4. The Hall–Kier alpha value is -1.53. The van der Waals surface area contributed by atoms with Crippen molar-refractivity contribution in [1.82, 2.24) is 0 Å². The summed E-state index contributed by atoms with van der Waals surface area (Å²) in [7, 11) is 1.78. The number of fused-ring (bicyclic) bond motifs is 2. The molecule has 3 aliphatic carbocycles. The molecular formula is C26H33N2O3-. The van der Waals surface area contributed by atoms with Gasteiger partial charge in [-0.1, -0.05) is 58.4 Å².